The van der Waals surface area contributed by atoms with Crippen molar-refractivity contribution in [3.05, 3.63) is 108 Å². The van der Waals surface area contributed by atoms with Crippen molar-refractivity contribution in [1.82, 2.24) is 9.80 Å². The molecule has 1 aliphatic rings. The Morgan fingerprint density at radius 1 is 0.897 bits per heavy atom. The van der Waals surface area contributed by atoms with Crippen molar-refractivity contribution >= 4 is 17.4 Å². The molecule has 0 aliphatic carbocycles. The van der Waals surface area contributed by atoms with Gasteiger partial charge in [0.1, 0.15) is 11.2 Å². The number of para-hydroxylation sites is 1. The molecule has 6 heteroatoms. The standard InChI is InChI=1S/C33H38N2O4/c1-4-38-31(36)25-39-30-18-12-11-17-29(30)26-19-22-35(23-20-26)24-21-33(32(37)34(2)3,27-13-7-5-8-14-27)28-15-9-6-10-16-28/h5-19H,4,20-25H2,1-3H3. The maximum absolute atomic E-state index is 13.9. The Balaban J connectivity index is 1.53. The van der Waals surface area contributed by atoms with E-state index in [4.69, 9.17) is 9.47 Å². The van der Waals surface area contributed by atoms with Crippen LogP contribution >= 0.6 is 0 Å². The number of carbonyl (C=O) groups excluding carboxylic acids is 2. The van der Waals surface area contributed by atoms with Crippen LogP contribution in [0.15, 0.2) is 91.0 Å². The predicted molar refractivity (Wildman–Crippen MR) is 155 cm³/mol. The Morgan fingerprint density at radius 2 is 1.51 bits per heavy atom. The Hall–Kier alpha value is -3.90. The topological polar surface area (TPSA) is 59.1 Å². The van der Waals surface area contributed by atoms with Crippen molar-refractivity contribution in [3.63, 3.8) is 0 Å². The van der Waals surface area contributed by atoms with Crippen LogP contribution in [0, 0.1) is 0 Å². The summed E-state index contributed by atoms with van der Waals surface area (Å²) in [5.41, 5.74) is 3.45. The molecule has 0 N–H and O–H groups in total. The van der Waals surface area contributed by atoms with Crippen LogP contribution in [0.5, 0.6) is 5.75 Å². The maximum Gasteiger partial charge on any atom is 0.344 e. The number of nitrogens with zero attached hydrogens (tertiary/aromatic N) is 2. The summed E-state index contributed by atoms with van der Waals surface area (Å²) in [4.78, 5) is 29.8. The first kappa shape index (κ1) is 28.1. The SMILES string of the molecule is CCOC(=O)COc1ccccc1C1=CCN(CCC(C(=O)N(C)C)(c2ccccc2)c2ccccc2)CC1. The third-order valence-corrected chi connectivity index (χ3v) is 7.28. The molecule has 0 fully saturated rings. The molecule has 39 heavy (non-hydrogen) atoms. The zero-order valence-corrected chi connectivity index (χ0v) is 23.1. The summed E-state index contributed by atoms with van der Waals surface area (Å²) in [5.74, 6) is 0.401. The fraction of sp³-hybridized carbons (Fsp3) is 0.333. The second-order valence-corrected chi connectivity index (χ2v) is 9.96. The molecule has 4 rings (SSSR count). The van der Waals surface area contributed by atoms with Crippen molar-refractivity contribution in [2.45, 2.75) is 25.2 Å². The molecule has 0 radical (unpaired) electrons. The van der Waals surface area contributed by atoms with Crippen molar-refractivity contribution in [3.8, 4) is 5.75 Å². The summed E-state index contributed by atoms with van der Waals surface area (Å²) in [5, 5.41) is 0. The van der Waals surface area contributed by atoms with Crippen molar-refractivity contribution in [1.29, 1.82) is 0 Å². The van der Waals surface area contributed by atoms with Gasteiger partial charge in [-0.05, 0) is 42.5 Å². The van der Waals surface area contributed by atoms with Crippen LogP contribution < -0.4 is 4.74 Å². The number of likely N-dealkylation sites (N-methyl/N-ethyl adjacent to an activating group) is 1. The van der Waals surface area contributed by atoms with E-state index in [0.29, 0.717) is 18.8 Å². The summed E-state index contributed by atoms with van der Waals surface area (Å²) in [6.45, 7) is 4.43. The number of amides is 1. The minimum Gasteiger partial charge on any atom is -0.481 e. The lowest BCUT2D eigenvalue weighted by molar-refractivity contribution is -0.145. The maximum atomic E-state index is 13.9. The van der Waals surface area contributed by atoms with E-state index in [1.54, 1.807) is 11.8 Å². The third-order valence-electron chi connectivity index (χ3n) is 7.28. The molecule has 3 aromatic rings. The van der Waals surface area contributed by atoms with Crippen LogP contribution in [-0.4, -0.2) is 68.6 Å². The lowest BCUT2D eigenvalue weighted by Gasteiger charge is -2.38. The van der Waals surface area contributed by atoms with Gasteiger partial charge in [-0.15, -0.1) is 0 Å². The molecular weight excluding hydrogens is 488 g/mol. The van der Waals surface area contributed by atoms with Gasteiger partial charge >= 0.3 is 5.97 Å². The van der Waals surface area contributed by atoms with Gasteiger partial charge in [0.05, 0.1) is 6.61 Å². The summed E-state index contributed by atoms with van der Waals surface area (Å²) in [7, 11) is 3.67. The van der Waals surface area contributed by atoms with Crippen LogP contribution in [0.3, 0.4) is 0 Å². The largest absolute Gasteiger partial charge is 0.481 e. The fourth-order valence-corrected chi connectivity index (χ4v) is 5.32. The fourth-order valence-electron chi connectivity index (χ4n) is 5.32. The first-order chi connectivity index (χ1) is 19.0. The van der Waals surface area contributed by atoms with Crippen molar-refractivity contribution in [2.24, 2.45) is 0 Å². The van der Waals surface area contributed by atoms with Gasteiger partial charge in [0.2, 0.25) is 5.91 Å². The molecule has 1 aliphatic heterocycles. The molecule has 0 saturated carbocycles. The minimum absolute atomic E-state index is 0.0841. The first-order valence-electron chi connectivity index (χ1n) is 13.6. The smallest absolute Gasteiger partial charge is 0.344 e. The van der Waals surface area contributed by atoms with E-state index >= 15 is 0 Å². The van der Waals surface area contributed by atoms with Crippen LogP contribution in [0.2, 0.25) is 0 Å². The second-order valence-electron chi connectivity index (χ2n) is 9.96. The van der Waals surface area contributed by atoms with E-state index in [0.717, 1.165) is 42.7 Å². The lowest BCUT2D eigenvalue weighted by Crippen LogP contribution is -2.47. The Morgan fingerprint density at radius 3 is 2.08 bits per heavy atom. The van der Waals surface area contributed by atoms with Crippen LogP contribution in [-0.2, 0) is 19.7 Å². The zero-order valence-electron chi connectivity index (χ0n) is 23.1. The average molecular weight is 527 g/mol. The quantitative estimate of drug-likeness (QED) is 0.322. The van der Waals surface area contributed by atoms with Gasteiger partial charge in [-0.25, -0.2) is 4.79 Å². The molecule has 0 aromatic heterocycles. The van der Waals surface area contributed by atoms with Crippen LogP contribution in [0.25, 0.3) is 5.57 Å². The predicted octanol–water partition coefficient (Wildman–Crippen LogP) is 5.18. The molecule has 0 bridgehead atoms. The number of hydrogen-bond donors (Lipinski definition) is 0. The summed E-state index contributed by atoms with van der Waals surface area (Å²) < 4.78 is 10.8. The highest BCUT2D eigenvalue weighted by atomic mass is 16.6. The van der Waals surface area contributed by atoms with E-state index in [-0.39, 0.29) is 18.5 Å². The zero-order chi connectivity index (χ0) is 27.7. The highest BCUT2D eigenvalue weighted by Crippen LogP contribution is 2.38. The molecule has 0 spiro atoms. The summed E-state index contributed by atoms with van der Waals surface area (Å²) in [6, 6.07) is 28.1. The summed E-state index contributed by atoms with van der Waals surface area (Å²) in [6.07, 6.45) is 3.75. The van der Waals surface area contributed by atoms with Crippen LogP contribution in [0.4, 0.5) is 0 Å². The Bertz CT molecular complexity index is 1230. The molecule has 0 atom stereocenters. The van der Waals surface area contributed by atoms with E-state index in [2.05, 4.69) is 35.2 Å². The molecule has 1 heterocycles. The van der Waals surface area contributed by atoms with E-state index in [1.165, 1.54) is 5.57 Å². The van der Waals surface area contributed by atoms with Gasteiger partial charge < -0.3 is 14.4 Å². The number of rotatable bonds is 11. The average Bonchev–Trinajstić information content (AvgIpc) is 2.98. The molecule has 204 valence electrons. The molecule has 1 amide bonds. The lowest BCUT2D eigenvalue weighted by atomic mass is 9.70. The van der Waals surface area contributed by atoms with Gasteiger partial charge in [0.15, 0.2) is 6.61 Å². The van der Waals surface area contributed by atoms with Crippen molar-refractivity contribution < 1.29 is 19.1 Å². The normalized spacial score (nSPS) is 13.9. The highest BCUT2D eigenvalue weighted by molar-refractivity contribution is 5.92. The van der Waals surface area contributed by atoms with Crippen LogP contribution in [0.1, 0.15) is 36.5 Å². The van der Waals surface area contributed by atoms with Crippen molar-refractivity contribution in [2.75, 3.05) is 46.9 Å². The molecule has 6 nitrogen and oxygen atoms in total. The number of hydrogen-bond acceptors (Lipinski definition) is 5. The van der Waals surface area contributed by atoms with E-state index in [9.17, 15) is 9.59 Å². The molecule has 3 aromatic carbocycles. The molecule has 0 saturated heterocycles. The highest BCUT2D eigenvalue weighted by Gasteiger charge is 2.43. The van der Waals surface area contributed by atoms with Gasteiger partial charge in [-0.1, -0.05) is 84.9 Å². The number of esters is 1. The second kappa shape index (κ2) is 13.3. The van der Waals surface area contributed by atoms with Gasteiger partial charge in [0.25, 0.3) is 0 Å². The monoisotopic (exact) mass is 526 g/mol. The van der Waals surface area contributed by atoms with E-state index < -0.39 is 5.41 Å². The first-order valence-corrected chi connectivity index (χ1v) is 13.6. The van der Waals surface area contributed by atoms with E-state index in [1.807, 2.05) is 74.8 Å². The Labute approximate surface area is 231 Å². The van der Waals surface area contributed by atoms with Gasteiger partial charge in [-0.2, -0.15) is 0 Å². The molecular formula is C33H38N2O4. The third kappa shape index (κ3) is 6.58. The van der Waals surface area contributed by atoms with Gasteiger partial charge in [-0.3, -0.25) is 9.69 Å². The number of benzene rings is 3. The number of ether oxygens (including phenoxy) is 2. The molecule has 0 unspecified atom stereocenters. The minimum atomic E-state index is -0.774. The summed E-state index contributed by atoms with van der Waals surface area (Å²) >= 11 is 0. The number of carbonyl (C=O) groups is 2. The van der Waals surface area contributed by atoms with Gasteiger partial charge in [0, 0.05) is 39.3 Å². The Kier molecular flexibility index (Phi) is 9.55.